The number of carbonyl (C=O) groups excluding carboxylic acids is 1. The second-order valence-corrected chi connectivity index (χ2v) is 6.85. The third-order valence-electron chi connectivity index (χ3n) is 4.67. The number of unbranched alkanes of at least 4 members (excludes halogenated alkanes) is 8. The Labute approximate surface area is 150 Å². The zero-order chi connectivity index (χ0) is 18.7. The van der Waals surface area contributed by atoms with E-state index in [0.717, 1.165) is 19.3 Å². The highest BCUT2D eigenvalue weighted by Crippen LogP contribution is 2.22. The molecular formula is C18H35NO6. The van der Waals surface area contributed by atoms with Crippen molar-refractivity contribution in [3.05, 3.63) is 0 Å². The molecule has 0 saturated carbocycles. The fourth-order valence-corrected chi connectivity index (χ4v) is 3.04. The molecule has 0 aromatic heterocycles. The Kier molecular flexibility index (Phi) is 11.2. The van der Waals surface area contributed by atoms with Gasteiger partial charge < -0.3 is 30.5 Å². The van der Waals surface area contributed by atoms with Gasteiger partial charge in [-0.3, -0.25) is 4.79 Å². The Balaban J connectivity index is 2.18. The van der Waals surface area contributed by atoms with Crippen LogP contribution >= 0.6 is 0 Å². The summed E-state index contributed by atoms with van der Waals surface area (Å²) in [5.41, 5.74) is 5.73. The van der Waals surface area contributed by atoms with E-state index in [1.807, 2.05) is 0 Å². The second kappa shape index (κ2) is 12.6. The average molecular weight is 361 g/mol. The molecule has 0 radical (unpaired) electrons. The first-order valence-corrected chi connectivity index (χ1v) is 9.58. The van der Waals surface area contributed by atoms with E-state index in [-0.39, 0.29) is 6.42 Å². The van der Waals surface area contributed by atoms with E-state index in [0.29, 0.717) is 0 Å². The molecule has 0 aliphatic carbocycles. The van der Waals surface area contributed by atoms with E-state index in [2.05, 4.69) is 6.92 Å². The highest BCUT2D eigenvalue weighted by atomic mass is 16.6. The molecule has 1 rings (SSSR count). The fourth-order valence-electron chi connectivity index (χ4n) is 3.04. The Bertz CT molecular complexity index is 367. The molecule has 1 fully saturated rings. The van der Waals surface area contributed by atoms with Crippen molar-refractivity contribution in [3.8, 4) is 0 Å². The molecule has 25 heavy (non-hydrogen) atoms. The number of ether oxygens (including phenoxy) is 2. The molecule has 0 amide bonds. The van der Waals surface area contributed by atoms with Crippen molar-refractivity contribution < 1.29 is 29.6 Å². The van der Waals surface area contributed by atoms with Crippen molar-refractivity contribution in [1.29, 1.82) is 0 Å². The highest BCUT2D eigenvalue weighted by molar-refractivity contribution is 5.69. The summed E-state index contributed by atoms with van der Waals surface area (Å²) in [5.74, 6) is -0.451. The van der Waals surface area contributed by atoms with Crippen molar-refractivity contribution in [2.45, 2.75) is 102 Å². The first-order chi connectivity index (χ1) is 12.0. The Morgan fingerprint density at radius 1 is 1.04 bits per heavy atom. The molecule has 7 nitrogen and oxygen atoms in total. The summed E-state index contributed by atoms with van der Waals surface area (Å²) in [5, 5.41) is 28.8. The maximum atomic E-state index is 11.9. The van der Waals surface area contributed by atoms with Gasteiger partial charge in [-0.1, -0.05) is 58.3 Å². The van der Waals surface area contributed by atoms with Crippen LogP contribution in [0.25, 0.3) is 0 Å². The minimum Gasteiger partial charge on any atom is -0.458 e. The van der Waals surface area contributed by atoms with Crippen LogP contribution in [0.5, 0.6) is 0 Å². The monoisotopic (exact) mass is 361 g/mol. The molecule has 5 atom stereocenters. The van der Waals surface area contributed by atoms with Gasteiger partial charge in [0.1, 0.15) is 12.2 Å². The van der Waals surface area contributed by atoms with Crippen LogP contribution in [-0.2, 0) is 14.3 Å². The number of carbonyl (C=O) groups is 1. The first kappa shape index (κ1) is 22.3. The van der Waals surface area contributed by atoms with Crippen LogP contribution in [-0.4, -0.2) is 58.5 Å². The highest BCUT2D eigenvalue weighted by Gasteiger charge is 2.44. The van der Waals surface area contributed by atoms with Gasteiger partial charge in [0.25, 0.3) is 0 Å². The summed E-state index contributed by atoms with van der Waals surface area (Å²) >= 11 is 0. The minimum atomic E-state index is -1.38. The molecular weight excluding hydrogens is 326 g/mol. The predicted octanol–water partition coefficient (Wildman–Crippen LogP) is 1.22. The number of aliphatic hydroxyl groups is 3. The summed E-state index contributed by atoms with van der Waals surface area (Å²) in [4.78, 5) is 11.9. The summed E-state index contributed by atoms with van der Waals surface area (Å²) in [6, 6.07) is -1.04. The van der Waals surface area contributed by atoms with E-state index in [1.54, 1.807) is 0 Å². The Morgan fingerprint density at radius 2 is 1.60 bits per heavy atom. The van der Waals surface area contributed by atoms with E-state index in [1.165, 1.54) is 38.5 Å². The van der Waals surface area contributed by atoms with Gasteiger partial charge in [-0.2, -0.15) is 0 Å². The molecule has 0 aromatic rings. The van der Waals surface area contributed by atoms with Crippen molar-refractivity contribution >= 4 is 5.97 Å². The molecule has 1 unspecified atom stereocenters. The molecule has 5 N–H and O–H groups in total. The van der Waals surface area contributed by atoms with Crippen LogP contribution in [0.2, 0.25) is 0 Å². The lowest BCUT2D eigenvalue weighted by Crippen LogP contribution is -2.63. The van der Waals surface area contributed by atoms with Crippen molar-refractivity contribution in [1.82, 2.24) is 0 Å². The SMILES string of the molecule is CCCCCCCCCCCC(=O)O[C@@H]1[C@H](O)[C@@H](CO)OC(O)[C@@H]1N. The minimum absolute atomic E-state index is 0.256. The lowest BCUT2D eigenvalue weighted by Gasteiger charge is -2.40. The standard InChI is InChI=1S/C18H35NO6/c1-2-3-4-5-6-7-8-9-10-11-14(21)25-17-15(19)18(23)24-13(12-20)16(17)22/h13,15-18,20,22-23H,2-12,19H2,1H3/t13-,15-,16-,17+,18?/m1/s1. The lowest BCUT2D eigenvalue weighted by atomic mass is 9.97. The normalized spacial score (nSPS) is 29.6. The topological polar surface area (TPSA) is 122 Å². The molecule has 1 aliphatic heterocycles. The number of rotatable bonds is 12. The molecule has 0 spiro atoms. The van der Waals surface area contributed by atoms with E-state index < -0.39 is 43.2 Å². The summed E-state index contributed by atoms with van der Waals surface area (Å²) < 4.78 is 10.2. The third-order valence-corrected chi connectivity index (χ3v) is 4.67. The van der Waals surface area contributed by atoms with Crippen molar-refractivity contribution in [3.63, 3.8) is 0 Å². The maximum absolute atomic E-state index is 11.9. The molecule has 0 aromatic carbocycles. The van der Waals surface area contributed by atoms with E-state index in [9.17, 15) is 15.0 Å². The van der Waals surface area contributed by atoms with Crippen LogP contribution in [0, 0.1) is 0 Å². The van der Waals surface area contributed by atoms with Crippen LogP contribution in [0.3, 0.4) is 0 Å². The molecule has 148 valence electrons. The predicted molar refractivity (Wildman–Crippen MR) is 93.7 cm³/mol. The second-order valence-electron chi connectivity index (χ2n) is 6.85. The molecule has 7 heteroatoms. The number of esters is 1. The number of hydrogen-bond acceptors (Lipinski definition) is 7. The van der Waals surface area contributed by atoms with Gasteiger partial charge in [0, 0.05) is 6.42 Å². The van der Waals surface area contributed by atoms with Gasteiger partial charge in [0.05, 0.1) is 12.6 Å². The smallest absolute Gasteiger partial charge is 0.306 e. The quantitative estimate of drug-likeness (QED) is 0.304. The lowest BCUT2D eigenvalue weighted by molar-refractivity contribution is -0.254. The van der Waals surface area contributed by atoms with Gasteiger partial charge in [-0.05, 0) is 6.42 Å². The van der Waals surface area contributed by atoms with Gasteiger partial charge in [0.15, 0.2) is 12.4 Å². The van der Waals surface area contributed by atoms with Crippen LogP contribution in [0.4, 0.5) is 0 Å². The molecule has 1 saturated heterocycles. The molecule has 1 aliphatic rings. The number of aliphatic hydroxyl groups excluding tert-OH is 3. The third kappa shape index (κ3) is 8.00. The fraction of sp³-hybridized carbons (Fsp3) is 0.944. The zero-order valence-electron chi connectivity index (χ0n) is 15.3. The molecule has 0 bridgehead atoms. The average Bonchev–Trinajstić information content (AvgIpc) is 2.60. The van der Waals surface area contributed by atoms with Crippen molar-refractivity contribution in [2.75, 3.05) is 6.61 Å². The van der Waals surface area contributed by atoms with Gasteiger partial charge in [0.2, 0.25) is 0 Å². The summed E-state index contributed by atoms with van der Waals surface area (Å²) in [6.45, 7) is 1.72. The van der Waals surface area contributed by atoms with Crippen LogP contribution in [0.15, 0.2) is 0 Å². The largest absolute Gasteiger partial charge is 0.458 e. The van der Waals surface area contributed by atoms with E-state index >= 15 is 0 Å². The van der Waals surface area contributed by atoms with Gasteiger partial charge in [-0.25, -0.2) is 0 Å². The van der Waals surface area contributed by atoms with Gasteiger partial charge in [-0.15, -0.1) is 0 Å². The summed E-state index contributed by atoms with van der Waals surface area (Å²) in [7, 11) is 0. The summed E-state index contributed by atoms with van der Waals surface area (Å²) in [6.07, 6.45) is 5.90. The van der Waals surface area contributed by atoms with Crippen LogP contribution < -0.4 is 5.73 Å². The molecule has 1 heterocycles. The number of nitrogens with two attached hydrogens (primary N) is 1. The zero-order valence-corrected chi connectivity index (χ0v) is 15.3. The van der Waals surface area contributed by atoms with Crippen LogP contribution in [0.1, 0.15) is 71.1 Å². The Morgan fingerprint density at radius 3 is 2.16 bits per heavy atom. The van der Waals surface area contributed by atoms with Crippen molar-refractivity contribution in [2.24, 2.45) is 5.73 Å². The van der Waals surface area contributed by atoms with Gasteiger partial charge >= 0.3 is 5.97 Å². The maximum Gasteiger partial charge on any atom is 0.306 e. The van der Waals surface area contributed by atoms with E-state index in [4.69, 9.17) is 20.3 Å². The Hall–Kier alpha value is -0.730. The number of hydrogen-bond donors (Lipinski definition) is 4. The first-order valence-electron chi connectivity index (χ1n) is 9.58.